The first-order valence-corrected chi connectivity index (χ1v) is 11.0. The van der Waals surface area contributed by atoms with Crippen molar-refractivity contribution in [2.75, 3.05) is 7.11 Å². The molecule has 7 heteroatoms. The van der Waals surface area contributed by atoms with Crippen LogP contribution in [-0.4, -0.2) is 39.9 Å². The van der Waals surface area contributed by atoms with Crippen LogP contribution < -0.4 is 9.47 Å². The number of carbonyl (C=O) groups is 2. The van der Waals surface area contributed by atoms with Crippen LogP contribution in [0.25, 0.3) is 5.76 Å². The van der Waals surface area contributed by atoms with Gasteiger partial charge in [-0.2, -0.15) is 0 Å². The lowest BCUT2D eigenvalue weighted by molar-refractivity contribution is -0.140. The van der Waals surface area contributed by atoms with Crippen LogP contribution in [0.15, 0.2) is 78.5 Å². The van der Waals surface area contributed by atoms with E-state index < -0.39 is 17.7 Å². The number of aromatic nitrogens is 1. The van der Waals surface area contributed by atoms with Crippen LogP contribution >= 0.6 is 0 Å². The van der Waals surface area contributed by atoms with E-state index in [1.165, 1.54) is 4.90 Å². The van der Waals surface area contributed by atoms with E-state index >= 15 is 0 Å². The van der Waals surface area contributed by atoms with Gasteiger partial charge in [-0.05, 0) is 44.2 Å². The molecule has 1 unspecified atom stereocenters. The molecule has 3 aromatic rings. The molecule has 1 aromatic heterocycles. The van der Waals surface area contributed by atoms with E-state index in [0.29, 0.717) is 22.8 Å². The molecule has 0 spiro atoms. The molecule has 1 atom stereocenters. The van der Waals surface area contributed by atoms with Crippen molar-refractivity contribution in [2.45, 2.75) is 32.5 Å². The Morgan fingerprint density at radius 1 is 1.06 bits per heavy atom. The molecule has 0 aliphatic carbocycles. The van der Waals surface area contributed by atoms with Crippen LogP contribution in [0.4, 0.5) is 0 Å². The van der Waals surface area contributed by atoms with Crippen LogP contribution in [0.5, 0.6) is 11.5 Å². The Hall–Kier alpha value is -4.13. The van der Waals surface area contributed by atoms with Crippen molar-refractivity contribution in [2.24, 2.45) is 0 Å². The third-order valence-electron chi connectivity index (χ3n) is 5.52. The van der Waals surface area contributed by atoms with Gasteiger partial charge < -0.3 is 19.5 Å². The SMILES string of the molecule is COc1ccccc1CN1C(=O)C(=O)/C(=C(\O)c2cccc(OC(C)C)c2)C1c1ccccn1. The molecule has 7 nitrogen and oxygen atoms in total. The van der Waals surface area contributed by atoms with Crippen LogP contribution in [0.3, 0.4) is 0 Å². The number of hydrogen-bond acceptors (Lipinski definition) is 6. The van der Waals surface area contributed by atoms with Crippen molar-refractivity contribution in [1.29, 1.82) is 0 Å². The van der Waals surface area contributed by atoms with E-state index in [4.69, 9.17) is 9.47 Å². The average molecular weight is 459 g/mol. The number of rotatable bonds is 7. The van der Waals surface area contributed by atoms with Crippen LogP contribution in [0, 0.1) is 0 Å². The zero-order valence-electron chi connectivity index (χ0n) is 19.3. The summed E-state index contributed by atoms with van der Waals surface area (Å²) in [6, 6.07) is 18.5. The summed E-state index contributed by atoms with van der Waals surface area (Å²) < 4.78 is 11.2. The van der Waals surface area contributed by atoms with Gasteiger partial charge in [-0.25, -0.2) is 0 Å². The van der Waals surface area contributed by atoms with Gasteiger partial charge in [0.2, 0.25) is 0 Å². The molecule has 2 aromatic carbocycles. The van der Waals surface area contributed by atoms with Crippen molar-refractivity contribution >= 4 is 17.4 Å². The smallest absolute Gasteiger partial charge is 0.296 e. The number of Topliss-reactive ketones (excluding diaryl/α,β-unsaturated/α-hetero) is 1. The molecular weight excluding hydrogens is 432 g/mol. The predicted molar refractivity (Wildman–Crippen MR) is 127 cm³/mol. The van der Waals surface area contributed by atoms with E-state index in [2.05, 4.69) is 4.98 Å². The van der Waals surface area contributed by atoms with E-state index in [1.807, 2.05) is 32.0 Å². The number of nitrogens with zero attached hydrogens (tertiary/aromatic N) is 2. The van der Waals surface area contributed by atoms with Crippen LogP contribution in [-0.2, 0) is 16.1 Å². The molecule has 1 N–H and O–H groups in total. The lowest BCUT2D eigenvalue weighted by Crippen LogP contribution is -2.29. The van der Waals surface area contributed by atoms with Gasteiger partial charge in [0.05, 0.1) is 31.0 Å². The fourth-order valence-corrected chi connectivity index (χ4v) is 4.05. The van der Waals surface area contributed by atoms with Crippen LogP contribution in [0.2, 0.25) is 0 Å². The number of amides is 1. The summed E-state index contributed by atoms with van der Waals surface area (Å²) in [7, 11) is 1.55. The summed E-state index contributed by atoms with van der Waals surface area (Å²) in [6.07, 6.45) is 1.53. The summed E-state index contributed by atoms with van der Waals surface area (Å²) in [6.45, 7) is 3.91. The van der Waals surface area contributed by atoms with Crippen molar-refractivity contribution in [3.63, 3.8) is 0 Å². The number of methoxy groups -OCH3 is 1. The quantitative estimate of drug-likeness (QED) is 0.319. The third-order valence-corrected chi connectivity index (χ3v) is 5.52. The van der Waals surface area contributed by atoms with Gasteiger partial charge in [0.15, 0.2) is 0 Å². The lowest BCUT2D eigenvalue weighted by Gasteiger charge is -2.25. The molecule has 1 aliphatic rings. The number of likely N-dealkylation sites (tertiary alicyclic amines) is 1. The van der Waals surface area contributed by atoms with Gasteiger partial charge >= 0.3 is 0 Å². The summed E-state index contributed by atoms with van der Waals surface area (Å²) in [5.74, 6) is -0.596. The second-order valence-electron chi connectivity index (χ2n) is 8.19. The fraction of sp³-hybridized carbons (Fsp3) is 0.222. The monoisotopic (exact) mass is 458 g/mol. The Labute approximate surface area is 198 Å². The molecule has 0 saturated carbocycles. The van der Waals surface area contributed by atoms with E-state index in [0.717, 1.165) is 5.56 Å². The minimum absolute atomic E-state index is 0.0136. The molecule has 174 valence electrons. The number of carbonyl (C=O) groups excluding carboxylic acids is 2. The minimum Gasteiger partial charge on any atom is -0.507 e. The van der Waals surface area contributed by atoms with Crippen molar-refractivity contribution in [1.82, 2.24) is 9.88 Å². The highest BCUT2D eigenvalue weighted by Gasteiger charge is 2.47. The zero-order valence-corrected chi connectivity index (χ0v) is 19.3. The van der Waals surface area contributed by atoms with Gasteiger partial charge in [0, 0.05) is 17.3 Å². The summed E-state index contributed by atoms with van der Waals surface area (Å²) in [5, 5.41) is 11.3. The summed E-state index contributed by atoms with van der Waals surface area (Å²) >= 11 is 0. The Morgan fingerprint density at radius 2 is 1.82 bits per heavy atom. The average Bonchev–Trinajstić information content (AvgIpc) is 3.09. The number of aliphatic hydroxyl groups excluding tert-OH is 1. The van der Waals surface area contributed by atoms with Crippen LogP contribution in [0.1, 0.15) is 36.7 Å². The number of pyridine rings is 1. The largest absolute Gasteiger partial charge is 0.507 e. The molecule has 0 radical (unpaired) electrons. The first-order valence-electron chi connectivity index (χ1n) is 11.0. The molecule has 1 aliphatic heterocycles. The second-order valence-corrected chi connectivity index (χ2v) is 8.19. The number of para-hydroxylation sites is 1. The topological polar surface area (TPSA) is 89.0 Å². The maximum absolute atomic E-state index is 13.2. The van der Waals surface area contributed by atoms with E-state index in [-0.39, 0.29) is 24.0 Å². The van der Waals surface area contributed by atoms with Crippen molar-refractivity contribution in [3.05, 3.63) is 95.3 Å². The van der Waals surface area contributed by atoms with Gasteiger partial charge in [0.25, 0.3) is 11.7 Å². The number of aliphatic hydroxyl groups is 1. The Balaban J connectivity index is 1.83. The Bertz CT molecular complexity index is 1240. The van der Waals surface area contributed by atoms with Crippen molar-refractivity contribution < 1.29 is 24.2 Å². The molecule has 34 heavy (non-hydrogen) atoms. The normalized spacial score (nSPS) is 17.3. The summed E-state index contributed by atoms with van der Waals surface area (Å²) in [4.78, 5) is 32.2. The van der Waals surface area contributed by atoms with Crippen molar-refractivity contribution in [3.8, 4) is 11.5 Å². The van der Waals surface area contributed by atoms with Gasteiger partial charge in [-0.1, -0.05) is 36.4 Å². The molecular formula is C27H26N2O5. The zero-order chi connectivity index (χ0) is 24.2. The molecule has 0 bridgehead atoms. The lowest BCUT2D eigenvalue weighted by atomic mass is 9.98. The standard InChI is InChI=1S/C27H26N2O5/c1-17(2)34-20-11-8-10-18(15-20)25(30)23-24(21-12-6-7-14-28-21)29(27(32)26(23)31)16-19-9-4-5-13-22(19)33-3/h4-15,17,24,30H,16H2,1-3H3/b25-23-. The molecule has 1 fully saturated rings. The Kier molecular flexibility index (Phi) is 6.63. The van der Waals surface area contributed by atoms with Gasteiger partial charge in [-0.3, -0.25) is 14.6 Å². The highest BCUT2D eigenvalue weighted by molar-refractivity contribution is 6.46. The first-order chi connectivity index (χ1) is 16.4. The maximum Gasteiger partial charge on any atom is 0.296 e. The fourth-order valence-electron chi connectivity index (χ4n) is 4.05. The van der Waals surface area contributed by atoms with E-state index in [9.17, 15) is 14.7 Å². The molecule has 4 rings (SSSR count). The second kappa shape index (κ2) is 9.79. The van der Waals surface area contributed by atoms with Gasteiger partial charge in [0.1, 0.15) is 23.3 Å². The number of hydrogen-bond donors (Lipinski definition) is 1. The predicted octanol–water partition coefficient (Wildman–Crippen LogP) is 4.50. The Morgan fingerprint density at radius 3 is 2.53 bits per heavy atom. The highest BCUT2D eigenvalue weighted by atomic mass is 16.5. The molecule has 1 amide bonds. The maximum atomic E-state index is 13.2. The first kappa shape index (κ1) is 23.0. The number of benzene rings is 2. The number of ketones is 1. The molecule has 2 heterocycles. The van der Waals surface area contributed by atoms with Gasteiger partial charge in [-0.15, -0.1) is 0 Å². The number of ether oxygens (including phenoxy) is 2. The minimum atomic E-state index is -0.860. The van der Waals surface area contributed by atoms with E-state index in [1.54, 1.807) is 61.8 Å². The molecule has 1 saturated heterocycles. The summed E-state index contributed by atoms with van der Waals surface area (Å²) in [5.41, 5.74) is 1.59. The third kappa shape index (κ3) is 4.50. The highest BCUT2D eigenvalue weighted by Crippen LogP contribution is 2.40.